The summed E-state index contributed by atoms with van der Waals surface area (Å²) in [5.41, 5.74) is 2.16. The quantitative estimate of drug-likeness (QED) is 0.631. The van der Waals surface area contributed by atoms with E-state index in [9.17, 15) is 0 Å². The van der Waals surface area contributed by atoms with Gasteiger partial charge in [-0.05, 0) is 34.5 Å². The molecular formula is C17H12ClN. The topological polar surface area (TPSA) is 12.9 Å². The summed E-state index contributed by atoms with van der Waals surface area (Å²) < 4.78 is 0. The zero-order valence-electron chi connectivity index (χ0n) is 10.3. The maximum atomic E-state index is 6.31. The van der Waals surface area contributed by atoms with Crippen molar-refractivity contribution >= 4 is 34.5 Å². The highest BCUT2D eigenvalue weighted by molar-refractivity contribution is 6.33. The third kappa shape index (κ3) is 2.51. The number of hydrogen-bond donors (Lipinski definition) is 0. The molecule has 0 saturated carbocycles. The molecule has 0 aliphatic heterocycles. The van der Waals surface area contributed by atoms with Crippen molar-refractivity contribution < 1.29 is 0 Å². The van der Waals surface area contributed by atoms with Gasteiger partial charge in [0.15, 0.2) is 0 Å². The first-order valence-corrected chi connectivity index (χ1v) is 6.48. The van der Waals surface area contributed by atoms with Crippen molar-refractivity contribution in [1.82, 2.24) is 4.98 Å². The highest BCUT2D eigenvalue weighted by Crippen LogP contribution is 2.27. The molecule has 1 heterocycles. The van der Waals surface area contributed by atoms with Crippen molar-refractivity contribution in [2.45, 2.75) is 0 Å². The minimum atomic E-state index is 0.768. The van der Waals surface area contributed by atoms with Crippen LogP contribution < -0.4 is 0 Å². The van der Waals surface area contributed by atoms with Gasteiger partial charge in [0.05, 0.1) is 0 Å². The van der Waals surface area contributed by atoms with Crippen LogP contribution in [0.15, 0.2) is 60.9 Å². The first kappa shape index (κ1) is 11.9. The summed E-state index contributed by atoms with van der Waals surface area (Å²) in [7, 11) is 0. The SMILES string of the molecule is Clc1ccc2ccccc2c1/C=C/c1ccncc1. The van der Waals surface area contributed by atoms with Crippen LogP contribution in [-0.2, 0) is 0 Å². The summed E-state index contributed by atoms with van der Waals surface area (Å²) in [6.45, 7) is 0. The van der Waals surface area contributed by atoms with Crippen molar-refractivity contribution in [3.8, 4) is 0 Å². The van der Waals surface area contributed by atoms with E-state index >= 15 is 0 Å². The maximum absolute atomic E-state index is 6.31. The fourth-order valence-electron chi connectivity index (χ4n) is 2.09. The van der Waals surface area contributed by atoms with E-state index in [4.69, 9.17) is 11.6 Å². The van der Waals surface area contributed by atoms with E-state index in [0.29, 0.717) is 0 Å². The minimum absolute atomic E-state index is 0.768. The Labute approximate surface area is 117 Å². The van der Waals surface area contributed by atoms with Gasteiger partial charge in [0.25, 0.3) is 0 Å². The Hall–Kier alpha value is -2.12. The predicted octanol–water partition coefficient (Wildman–Crippen LogP) is 5.06. The number of benzene rings is 2. The smallest absolute Gasteiger partial charge is 0.0484 e. The Morgan fingerprint density at radius 1 is 0.842 bits per heavy atom. The average molecular weight is 266 g/mol. The predicted molar refractivity (Wildman–Crippen MR) is 82.1 cm³/mol. The maximum Gasteiger partial charge on any atom is 0.0484 e. The third-order valence-corrected chi connectivity index (χ3v) is 3.40. The van der Waals surface area contributed by atoms with Crippen LogP contribution in [0.3, 0.4) is 0 Å². The van der Waals surface area contributed by atoms with Crippen molar-refractivity contribution in [3.05, 3.63) is 77.1 Å². The number of halogens is 1. The number of nitrogens with zero attached hydrogens (tertiary/aromatic N) is 1. The van der Waals surface area contributed by atoms with Gasteiger partial charge in [0, 0.05) is 23.0 Å². The first-order chi connectivity index (χ1) is 9.34. The van der Waals surface area contributed by atoms with Crippen LogP contribution in [0.5, 0.6) is 0 Å². The molecule has 3 aromatic rings. The zero-order valence-corrected chi connectivity index (χ0v) is 11.0. The summed E-state index contributed by atoms with van der Waals surface area (Å²) in [5.74, 6) is 0. The van der Waals surface area contributed by atoms with Crippen LogP contribution in [0.1, 0.15) is 11.1 Å². The van der Waals surface area contributed by atoms with Gasteiger partial charge in [-0.2, -0.15) is 0 Å². The number of pyridine rings is 1. The van der Waals surface area contributed by atoms with E-state index in [1.807, 2.05) is 36.4 Å². The highest BCUT2D eigenvalue weighted by atomic mass is 35.5. The summed E-state index contributed by atoms with van der Waals surface area (Å²) in [5, 5.41) is 3.13. The van der Waals surface area contributed by atoms with Gasteiger partial charge in [-0.25, -0.2) is 0 Å². The summed E-state index contributed by atoms with van der Waals surface area (Å²) >= 11 is 6.31. The fraction of sp³-hybridized carbons (Fsp3) is 0. The van der Waals surface area contributed by atoms with Crippen molar-refractivity contribution in [2.75, 3.05) is 0 Å². The average Bonchev–Trinajstić information content (AvgIpc) is 2.47. The van der Waals surface area contributed by atoms with Crippen LogP contribution in [-0.4, -0.2) is 4.98 Å². The molecule has 92 valence electrons. The Bertz CT molecular complexity index is 733. The first-order valence-electron chi connectivity index (χ1n) is 6.10. The van der Waals surface area contributed by atoms with Gasteiger partial charge < -0.3 is 0 Å². The number of rotatable bonds is 2. The zero-order chi connectivity index (χ0) is 13.1. The molecule has 2 heteroatoms. The Morgan fingerprint density at radius 2 is 1.63 bits per heavy atom. The second-order valence-electron chi connectivity index (χ2n) is 4.30. The van der Waals surface area contributed by atoms with E-state index in [-0.39, 0.29) is 0 Å². The fourth-order valence-corrected chi connectivity index (χ4v) is 2.32. The molecular weight excluding hydrogens is 254 g/mol. The lowest BCUT2D eigenvalue weighted by molar-refractivity contribution is 1.32. The van der Waals surface area contributed by atoms with Gasteiger partial charge in [-0.15, -0.1) is 0 Å². The molecule has 0 unspecified atom stereocenters. The van der Waals surface area contributed by atoms with Crippen LogP contribution >= 0.6 is 11.6 Å². The summed E-state index contributed by atoms with van der Waals surface area (Å²) in [6.07, 6.45) is 7.67. The number of fused-ring (bicyclic) bond motifs is 1. The molecule has 0 amide bonds. The van der Waals surface area contributed by atoms with Gasteiger partial charge in [-0.1, -0.05) is 54.1 Å². The molecule has 2 aromatic carbocycles. The number of aromatic nitrogens is 1. The lowest BCUT2D eigenvalue weighted by atomic mass is 10.0. The molecule has 1 nitrogen and oxygen atoms in total. The largest absolute Gasteiger partial charge is 0.265 e. The molecule has 0 fully saturated rings. The van der Waals surface area contributed by atoms with Crippen molar-refractivity contribution in [2.24, 2.45) is 0 Å². The Balaban J connectivity index is 2.10. The van der Waals surface area contributed by atoms with E-state index in [0.717, 1.165) is 16.1 Å². The molecule has 0 N–H and O–H groups in total. The molecule has 0 radical (unpaired) electrons. The molecule has 0 atom stereocenters. The standard InChI is InChI=1S/C17H12ClN/c18-17-8-6-14-3-1-2-4-15(14)16(17)7-5-13-9-11-19-12-10-13/h1-12H/b7-5+. The van der Waals surface area contributed by atoms with Gasteiger partial charge >= 0.3 is 0 Å². The summed E-state index contributed by atoms with van der Waals surface area (Å²) in [4.78, 5) is 4.01. The van der Waals surface area contributed by atoms with Gasteiger partial charge in [0.2, 0.25) is 0 Å². The monoisotopic (exact) mass is 265 g/mol. The lowest BCUT2D eigenvalue weighted by Crippen LogP contribution is -1.80. The second-order valence-corrected chi connectivity index (χ2v) is 4.70. The van der Waals surface area contributed by atoms with Crippen molar-refractivity contribution in [1.29, 1.82) is 0 Å². The lowest BCUT2D eigenvalue weighted by Gasteiger charge is -2.04. The molecule has 3 rings (SSSR count). The van der Waals surface area contributed by atoms with E-state index < -0.39 is 0 Å². The second kappa shape index (κ2) is 5.25. The highest BCUT2D eigenvalue weighted by Gasteiger charge is 2.02. The Morgan fingerprint density at radius 3 is 2.47 bits per heavy atom. The molecule has 0 saturated heterocycles. The van der Waals surface area contributed by atoms with Crippen molar-refractivity contribution in [3.63, 3.8) is 0 Å². The molecule has 0 aliphatic carbocycles. The third-order valence-electron chi connectivity index (χ3n) is 3.07. The van der Waals surface area contributed by atoms with Gasteiger partial charge in [0.1, 0.15) is 0 Å². The Kier molecular flexibility index (Phi) is 3.30. The molecule has 19 heavy (non-hydrogen) atoms. The van der Waals surface area contributed by atoms with Crippen LogP contribution in [0.2, 0.25) is 5.02 Å². The van der Waals surface area contributed by atoms with Gasteiger partial charge in [-0.3, -0.25) is 4.98 Å². The molecule has 0 aliphatic rings. The number of hydrogen-bond acceptors (Lipinski definition) is 1. The molecule has 0 spiro atoms. The summed E-state index contributed by atoms with van der Waals surface area (Å²) in [6, 6.07) is 16.2. The van der Waals surface area contributed by atoms with Crippen LogP contribution in [0, 0.1) is 0 Å². The van der Waals surface area contributed by atoms with E-state index in [2.05, 4.69) is 29.3 Å². The molecule has 1 aromatic heterocycles. The molecule has 0 bridgehead atoms. The van der Waals surface area contributed by atoms with Crippen LogP contribution in [0.4, 0.5) is 0 Å². The minimum Gasteiger partial charge on any atom is -0.265 e. The normalized spacial score (nSPS) is 11.2. The van der Waals surface area contributed by atoms with E-state index in [1.54, 1.807) is 12.4 Å². The van der Waals surface area contributed by atoms with Crippen LogP contribution in [0.25, 0.3) is 22.9 Å². The van der Waals surface area contributed by atoms with E-state index in [1.165, 1.54) is 10.8 Å².